The van der Waals surface area contributed by atoms with Gasteiger partial charge in [-0.2, -0.15) is 0 Å². The van der Waals surface area contributed by atoms with E-state index in [0.717, 1.165) is 44.5 Å². The second-order valence-electron chi connectivity index (χ2n) is 8.39. The molecule has 0 saturated heterocycles. The van der Waals surface area contributed by atoms with Crippen LogP contribution >= 0.6 is 0 Å². The highest BCUT2D eigenvalue weighted by Gasteiger charge is 2.20. The van der Waals surface area contributed by atoms with E-state index in [4.69, 9.17) is 4.74 Å². The number of carbonyl (C=O) groups excluding carboxylic acids is 1. The van der Waals surface area contributed by atoms with E-state index < -0.39 is 0 Å². The molecule has 6 heteroatoms. The number of rotatable bonds is 5. The number of fused-ring (bicyclic) bond motifs is 3. The van der Waals surface area contributed by atoms with Gasteiger partial charge in [0.15, 0.2) is 0 Å². The molecule has 3 aromatic carbocycles. The molecule has 170 valence electrons. The lowest BCUT2D eigenvalue weighted by Gasteiger charge is -2.12. The van der Waals surface area contributed by atoms with Gasteiger partial charge in [0.1, 0.15) is 0 Å². The van der Waals surface area contributed by atoms with Crippen molar-refractivity contribution >= 4 is 33.7 Å². The van der Waals surface area contributed by atoms with Crippen LogP contribution in [0, 0.1) is 0 Å². The highest BCUT2D eigenvalue weighted by atomic mass is 16.5. The lowest BCUT2D eigenvalue weighted by molar-refractivity contribution is 0.102. The van der Waals surface area contributed by atoms with Gasteiger partial charge >= 0.3 is 0 Å². The highest BCUT2D eigenvalue weighted by molar-refractivity contribution is 6.13. The largest absolute Gasteiger partial charge is 0.477 e. The summed E-state index contributed by atoms with van der Waals surface area (Å²) >= 11 is 0. The van der Waals surface area contributed by atoms with Crippen molar-refractivity contribution in [1.29, 1.82) is 0 Å². The number of benzene rings is 3. The number of nitrogens with zero attached hydrogens (tertiary/aromatic N) is 2. The fourth-order valence-corrected chi connectivity index (χ4v) is 4.39. The minimum absolute atomic E-state index is 0.137. The van der Waals surface area contributed by atoms with Crippen LogP contribution in [-0.2, 0) is 6.42 Å². The Kier molecular flexibility index (Phi) is 5.31. The van der Waals surface area contributed by atoms with Gasteiger partial charge in [0, 0.05) is 36.5 Å². The zero-order chi connectivity index (χ0) is 23.6. The molecule has 2 N–H and O–H groups in total. The van der Waals surface area contributed by atoms with Crippen molar-refractivity contribution in [2.24, 2.45) is 0 Å². The van der Waals surface area contributed by atoms with Gasteiger partial charge < -0.3 is 15.4 Å². The molecule has 35 heavy (non-hydrogen) atoms. The number of nitrogens with one attached hydrogen (secondary N) is 2. The van der Waals surface area contributed by atoms with Crippen LogP contribution in [0.5, 0.6) is 5.88 Å². The Morgan fingerprint density at radius 3 is 2.66 bits per heavy atom. The van der Waals surface area contributed by atoms with Crippen LogP contribution in [0.3, 0.4) is 0 Å². The van der Waals surface area contributed by atoms with Gasteiger partial charge in [-0.05, 0) is 58.5 Å². The van der Waals surface area contributed by atoms with Crippen molar-refractivity contribution in [3.05, 3.63) is 109 Å². The number of anilines is 3. The number of aromatic nitrogens is 2. The number of pyridine rings is 2. The monoisotopic (exact) mass is 458 g/mol. The first-order valence-corrected chi connectivity index (χ1v) is 11.5. The van der Waals surface area contributed by atoms with E-state index >= 15 is 0 Å². The van der Waals surface area contributed by atoms with Crippen LogP contribution < -0.4 is 15.4 Å². The van der Waals surface area contributed by atoms with Crippen molar-refractivity contribution in [2.45, 2.75) is 6.42 Å². The predicted molar refractivity (Wildman–Crippen MR) is 138 cm³/mol. The number of carbonyl (C=O) groups is 1. The molecule has 0 aliphatic carbocycles. The third-order valence-electron chi connectivity index (χ3n) is 6.14. The van der Waals surface area contributed by atoms with Crippen LogP contribution in [0.4, 0.5) is 17.1 Å². The number of ether oxygens (including phenoxy) is 1. The number of hydrogen-bond acceptors (Lipinski definition) is 5. The smallest absolute Gasteiger partial charge is 0.257 e. The molecule has 0 radical (unpaired) electrons. The Balaban J connectivity index is 1.27. The first-order chi connectivity index (χ1) is 17.2. The zero-order valence-electron chi connectivity index (χ0n) is 18.9. The van der Waals surface area contributed by atoms with Crippen molar-refractivity contribution in [2.75, 3.05) is 17.2 Å². The third-order valence-corrected chi connectivity index (χ3v) is 6.14. The van der Waals surface area contributed by atoms with Gasteiger partial charge in [-0.15, -0.1) is 0 Å². The molecule has 1 amide bonds. The summed E-state index contributed by atoms with van der Waals surface area (Å²) in [6, 6.07) is 25.7. The minimum Gasteiger partial charge on any atom is -0.477 e. The molecule has 1 aliphatic heterocycles. The summed E-state index contributed by atoms with van der Waals surface area (Å²) in [6.45, 7) is 0.501. The first kappa shape index (κ1) is 20.9. The molecular formula is C29H22N4O2. The van der Waals surface area contributed by atoms with Crippen LogP contribution in [0.25, 0.3) is 21.9 Å². The van der Waals surface area contributed by atoms with E-state index in [2.05, 4.69) is 32.7 Å². The van der Waals surface area contributed by atoms with E-state index in [1.165, 1.54) is 0 Å². The molecule has 5 aromatic rings. The summed E-state index contributed by atoms with van der Waals surface area (Å²) in [6.07, 6.45) is 6.08. The molecule has 0 spiro atoms. The second kappa shape index (κ2) is 8.91. The van der Waals surface area contributed by atoms with Crippen LogP contribution in [0.1, 0.15) is 15.9 Å². The van der Waals surface area contributed by atoms with E-state index in [1.807, 2.05) is 72.9 Å². The summed E-state index contributed by atoms with van der Waals surface area (Å²) in [5, 5.41) is 8.72. The fraction of sp³-hybridized carbons (Fsp3) is 0.0690. The van der Waals surface area contributed by atoms with Crippen molar-refractivity contribution in [1.82, 2.24) is 9.97 Å². The molecule has 0 atom stereocenters. The van der Waals surface area contributed by atoms with E-state index in [-0.39, 0.29) is 5.91 Å². The summed E-state index contributed by atoms with van der Waals surface area (Å²) in [7, 11) is 0. The standard InChI is InChI=1S/C29H22N4O2/c34-29-24-9-8-20(22-5-3-4-21-18-30-14-11-23(21)22)17-26(24)32-25-10-7-19(16-27(25)33-29)12-15-35-28-6-1-2-13-31-28/h1-11,13-14,16-18,32H,12,15H2,(H,33,34). The average molecular weight is 459 g/mol. The number of amides is 1. The Morgan fingerprint density at radius 1 is 0.771 bits per heavy atom. The van der Waals surface area contributed by atoms with Crippen LogP contribution in [-0.4, -0.2) is 22.5 Å². The molecule has 2 aromatic heterocycles. The molecular weight excluding hydrogens is 436 g/mol. The molecule has 3 heterocycles. The van der Waals surface area contributed by atoms with Crippen LogP contribution in [0.15, 0.2) is 97.5 Å². The Bertz CT molecular complexity index is 1540. The number of hydrogen-bond donors (Lipinski definition) is 2. The Hall–Kier alpha value is -4.71. The molecule has 0 bridgehead atoms. The summed E-state index contributed by atoms with van der Waals surface area (Å²) in [4.78, 5) is 21.5. The molecule has 0 fully saturated rings. The highest BCUT2D eigenvalue weighted by Crippen LogP contribution is 2.36. The average Bonchev–Trinajstić information content (AvgIpc) is 3.04. The second-order valence-corrected chi connectivity index (χ2v) is 8.39. The molecule has 1 aliphatic rings. The maximum atomic E-state index is 13.0. The first-order valence-electron chi connectivity index (χ1n) is 11.5. The van der Waals surface area contributed by atoms with E-state index in [1.54, 1.807) is 12.4 Å². The van der Waals surface area contributed by atoms with Crippen LogP contribution in [0.2, 0.25) is 0 Å². The summed E-state index contributed by atoms with van der Waals surface area (Å²) in [5.41, 5.74) is 6.18. The predicted octanol–water partition coefficient (Wildman–Crippen LogP) is 6.23. The topological polar surface area (TPSA) is 76.1 Å². The SMILES string of the molecule is O=C1Nc2cc(CCOc3ccccn3)ccc2Nc2cc(-c3cccc4cnccc34)ccc21. The van der Waals surface area contributed by atoms with Crippen molar-refractivity contribution < 1.29 is 9.53 Å². The summed E-state index contributed by atoms with van der Waals surface area (Å²) < 4.78 is 5.72. The van der Waals surface area contributed by atoms with E-state index in [9.17, 15) is 4.79 Å². The molecule has 6 rings (SSSR count). The Labute approximate surface area is 202 Å². The fourth-order valence-electron chi connectivity index (χ4n) is 4.39. The quantitative estimate of drug-likeness (QED) is 0.327. The lowest BCUT2D eigenvalue weighted by atomic mass is 9.97. The third kappa shape index (κ3) is 4.17. The lowest BCUT2D eigenvalue weighted by Crippen LogP contribution is -2.11. The van der Waals surface area contributed by atoms with Crippen molar-refractivity contribution in [3.63, 3.8) is 0 Å². The molecule has 0 saturated carbocycles. The normalized spacial score (nSPS) is 12.2. The molecule has 6 nitrogen and oxygen atoms in total. The van der Waals surface area contributed by atoms with Gasteiger partial charge in [-0.25, -0.2) is 4.98 Å². The maximum Gasteiger partial charge on any atom is 0.257 e. The van der Waals surface area contributed by atoms with Crippen molar-refractivity contribution in [3.8, 4) is 17.0 Å². The van der Waals surface area contributed by atoms with Gasteiger partial charge in [0.25, 0.3) is 5.91 Å². The summed E-state index contributed by atoms with van der Waals surface area (Å²) in [5.74, 6) is 0.466. The maximum absolute atomic E-state index is 13.0. The van der Waals surface area contributed by atoms with Gasteiger partial charge in [-0.1, -0.05) is 36.4 Å². The minimum atomic E-state index is -0.137. The van der Waals surface area contributed by atoms with Gasteiger partial charge in [0.05, 0.1) is 29.2 Å². The van der Waals surface area contributed by atoms with Gasteiger partial charge in [0.2, 0.25) is 5.88 Å². The van der Waals surface area contributed by atoms with E-state index in [0.29, 0.717) is 24.5 Å². The van der Waals surface area contributed by atoms with Gasteiger partial charge in [-0.3, -0.25) is 9.78 Å². The molecule has 0 unspecified atom stereocenters. The zero-order valence-corrected chi connectivity index (χ0v) is 18.9. The Morgan fingerprint density at radius 2 is 1.74 bits per heavy atom.